The van der Waals surface area contributed by atoms with Gasteiger partial charge >= 0.3 is 0 Å². The van der Waals surface area contributed by atoms with E-state index in [9.17, 15) is 9.59 Å². The number of hydrogen-bond donors (Lipinski definition) is 4. The number of nitrogens with one attached hydrogen (secondary N) is 4. The summed E-state index contributed by atoms with van der Waals surface area (Å²) >= 11 is 0. The maximum atomic E-state index is 11.6. The summed E-state index contributed by atoms with van der Waals surface area (Å²) in [7, 11) is 0. The molecule has 0 saturated carbocycles. The summed E-state index contributed by atoms with van der Waals surface area (Å²) in [6.07, 6.45) is 3.82. The van der Waals surface area contributed by atoms with Crippen LogP contribution in [0.5, 0.6) is 0 Å². The van der Waals surface area contributed by atoms with E-state index in [1.165, 1.54) is 0 Å². The highest BCUT2D eigenvalue weighted by molar-refractivity contribution is 5.92. The minimum Gasteiger partial charge on any atom is -0.349 e. The zero-order chi connectivity index (χ0) is 25.1. The lowest BCUT2D eigenvalue weighted by Crippen LogP contribution is -2.62. The van der Waals surface area contributed by atoms with E-state index in [0.29, 0.717) is 11.1 Å². The number of rotatable bonds is 4. The van der Waals surface area contributed by atoms with Crippen molar-refractivity contribution < 1.29 is 9.59 Å². The van der Waals surface area contributed by atoms with Gasteiger partial charge in [-0.2, -0.15) is 0 Å². The van der Waals surface area contributed by atoms with Gasteiger partial charge in [-0.05, 0) is 94.9 Å². The van der Waals surface area contributed by atoms with Gasteiger partial charge in [-0.15, -0.1) is 0 Å². The van der Waals surface area contributed by atoms with Gasteiger partial charge in [0.25, 0.3) is 0 Å². The lowest BCUT2D eigenvalue weighted by Gasteiger charge is -2.46. The number of hydrogen-bond acceptors (Lipinski definition) is 4. The summed E-state index contributed by atoms with van der Waals surface area (Å²) in [5.41, 5.74) is 1.41. The third kappa shape index (κ3) is 9.86. The highest BCUT2D eigenvalue weighted by atomic mass is 16.2. The molecule has 0 bridgehead atoms. The van der Waals surface area contributed by atoms with E-state index in [0.717, 1.165) is 25.7 Å². The molecular weight excluding hydrogens is 400 g/mol. The number of carbonyl (C=O) groups excluding carboxylic acids is 2. The van der Waals surface area contributed by atoms with E-state index in [1.54, 1.807) is 13.8 Å². The predicted octanol–water partition coefficient (Wildman–Crippen LogP) is 3.98. The maximum Gasteiger partial charge on any atom is 0.246 e. The normalized spacial score (nSPS) is 23.8. The van der Waals surface area contributed by atoms with Crippen LogP contribution in [0.1, 0.15) is 94.9 Å². The van der Waals surface area contributed by atoms with Gasteiger partial charge in [0.15, 0.2) is 0 Å². The van der Waals surface area contributed by atoms with Gasteiger partial charge in [0.1, 0.15) is 0 Å². The summed E-state index contributed by atoms with van der Waals surface area (Å²) in [6.45, 7) is 28.2. The number of piperidine rings is 2. The molecule has 0 aliphatic carbocycles. The molecule has 2 aliphatic heterocycles. The van der Waals surface area contributed by atoms with Crippen LogP contribution in [0.3, 0.4) is 0 Å². The van der Waals surface area contributed by atoms with Crippen molar-refractivity contribution in [1.29, 1.82) is 0 Å². The van der Waals surface area contributed by atoms with E-state index in [-0.39, 0.29) is 46.1 Å². The molecule has 2 rings (SSSR count). The highest BCUT2D eigenvalue weighted by Gasteiger charge is 2.39. The summed E-state index contributed by atoms with van der Waals surface area (Å²) in [4.78, 5) is 23.2. The summed E-state index contributed by atoms with van der Waals surface area (Å²) < 4.78 is 0. The monoisotopic (exact) mass is 448 g/mol. The fraction of sp³-hybridized carbons (Fsp3) is 0.769. The first kappa shape index (κ1) is 28.4. The largest absolute Gasteiger partial charge is 0.349 e. The minimum atomic E-state index is -0.0292. The molecule has 32 heavy (non-hydrogen) atoms. The molecule has 2 saturated heterocycles. The Balaban J connectivity index is 0.000000320. The molecule has 2 aliphatic rings. The van der Waals surface area contributed by atoms with Crippen LogP contribution in [-0.2, 0) is 9.59 Å². The molecule has 0 unspecified atom stereocenters. The van der Waals surface area contributed by atoms with Crippen molar-refractivity contribution in [2.75, 3.05) is 0 Å². The SMILES string of the molecule is C=C(C)C(=O)NC1CC(C)(C)NC(C)(C)C1.C=C(C)C(=O)NC1CC(C)(C)NC(C)(C)C1. The molecule has 6 heteroatoms. The Labute approximate surface area is 196 Å². The van der Waals surface area contributed by atoms with Crippen LogP contribution in [0, 0.1) is 0 Å². The smallest absolute Gasteiger partial charge is 0.246 e. The minimum absolute atomic E-state index is 0.0292. The Morgan fingerprint density at radius 3 is 1.03 bits per heavy atom. The first-order chi connectivity index (χ1) is 14.2. The van der Waals surface area contributed by atoms with Crippen molar-refractivity contribution in [2.45, 2.75) is 129 Å². The maximum absolute atomic E-state index is 11.6. The van der Waals surface area contributed by atoms with Crippen molar-refractivity contribution >= 4 is 11.8 Å². The Morgan fingerprint density at radius 2 is 0.844 bits per heavy atom. The molecule has 4 N–H and O–H groups in total. The van der Waals surface area contributed by atoms with Crippen LogP contribution in [0.2, 0.25) is 0 Å². The predicted molar refractivity (Wildman–Crippen MR) is 135 cm³/mol. The van der Waals surface area contributed by atoms with Gasteiger partial charge in [-0.3, -0.25) is 9.59 Å². The van der Waals surface area contributed by atoms with Crippen LogP contribution in [0.4, 0.5) is 0 Å². The fourth-order valence-corrected chi connectivity index (χ4v) is 5.47. The quantitative estimate of drug-likeness (QED) is 0.491. The van der Waals surface area contributed by atoms with E-state index in [2.05, 4.69) is 89.8 Å². The molecule has 0 aromatic rings. The van der Waals surface area contributed by atoms with Gasteiger partial charge in [0, 0.05) is 45.4 Å². The fourth-order valence-electron chi connectivity index (χ4n) is 5.47. The van der Waals surface area contributed by atoms with Crippen LogP contribution < -0.4 is 21.3 Å². The molecule has 0 radical (unpaired) electrons. The topological polar surface area (TPSA) is 82.3 Å². The zero-order valence-electron chi connectivity index (χ0n) is 22.2. The van der Waals surface area contributed by atoms with Gasteiger partial charge in [-0.25, -0.2) is 0 Å². The Morgan fingerprint density at radius 1 is 0.625 bits per heavy atom. The van der Waals surface area contributed by atoms with Crippen molar-refractivity contribution in [1.82, 2.24) is 21.3 Å². The molecule has 0 aromatic heterocycles. The van der Waals surface area contributed by atoms with Crippen LogP contribution in [0.15, 0.2) is 24.3 Å². The third-order valence-electron chi connectivity index (χ3n) is 5.83. The average molecular weight is 449 g/mol. The third-order valence-corrected chi connectivity index (χ3v) is 5.83. The Bertz CT molecular complexity index is 640. The Kier molecular flexibility index (Phi) is 8.94. The van der Waals surface area contributed by atoms with Crippen LogP contribution >= 0.6 is 0 Å². The molecule has 0 atom stereocenters. The van der Waals surface area contributed by atoms with E-state index in [1.807, 2.05) is 0 Å². The van der Waals surface area contributed by atoms with Gasteiger partial charge in [0.05, 0.1) is 0 Å². The molecule has 0 spiro atoms. The van der Waals surface area contributed by atoms with Crippen molar-refractivity contribution in [3.05, 3.63) is 24.3 Å². The number of carbonyl (C=O) groups is 2. The number of amides is 2. The average Bonchev–Trinajstić information content (AvgIpc) is 2.48. The second-order valence-electron chi connectivity index (χ2n) is 12.5. The molecule has 6 nitrogen and oxygen atoms in total. The van der Waals surface area contributed by atoms with Crippen LogP contribution in [0.25, 0.3) is 0 Å². The Hall–Kier alpha value is -1.66. The molecule has 2 heterocycles. The standard InChI is InChI=1S/2C13H24N2O/c2*1-9(2)11(16)14-10-7-12(3,4)15-13(5,6)8-10/h2*10,15H,1,7-8H2,2-6H3,(H,14,16). The van der Waals surface area contributed by atoms with Crippen molar-refractivity contribution in [3.63, 3.8) is 0 Å². The molecule has 2 amide bonds. The summed E-state index contributed by atoms with van der Waals surface area (Å²) in [5, 5.41) is 13.3. The first-order valence-electron chi connectivity index (χ1n) is 11.7. The highest BCUT2D eigenvalue weighted by Crippen LogP contribution is 2.29. The summed E-state index contributed by atoms with van der Waals surface area (Å²) in [5.74, 6) is -0.0583. The van der Waals surface area contributed by atoms with E-state index < -0.39 is 0 Å². The summed E-state index contributed by atoms with van der Waals surface area (Å²) in [6, 6.07) is 0.464. The second-order valence-corrected chi connectivity index (χ2v) is 12.5. The van der Waals surface area contributed by atoms with Gasteiger partial charge in [0.2, 0.25) is 11.8 Å². The van der Waals surface area contributed by atoms with Gasteiger partial charge < -0.3 is 21.3 Å². The second kappa shape index (κ2) is 10.1. The van der Waals surface area contributed by atoms with Gasteiger partial charge in [-0.1, -0.05) is 13.2 Å². The first-order valence-corrected chi connectivity index (χ1v) is 11.7. The molecule has 0 aromatic carbocycles. The lowest BCUT2D eigenvalue weighted by atomic mass is 9.79. The zero-order valence-corrected chi connectivity index (χ0v) is 22.2. The lowest BCUT2D eigenvalue weighted by molar-refractivity contribution is -0.119. The molecule has 184 valence electrons. The van der Waals surface area contributed by atoms with Crippen molar-refractivity contribution in [3.8, 4) is 0 Å². The molecular formula is C26H48N4O2. The van der Waals surface area contributed by atoms with E-state index in [4.69, 9.17) is 0 Å². The van der Waals surface area contributed by atoms with E-state index >= 15 is 0 Å². The molecule has 2 fully saturated rings. The van der Waals surface area contributed by atoms with Crippen molar-refractivity contribution in [2.24, 2.45) is 0 Å². The van der Waals surface area contributed by atoms with Crippen LogP contribution in [-0.4, -0.2) is 46.1 Å².